The predicted molar refractivity (Wildman–Crippen MR) is 34.9 cm³/mol. The average molecular weight is 143 g/mol. The molecule has 1 atom stereocenters. The van der Waals surface area contributed by atoms with Gasteiger partial charge in [0.25, 0.3) is 0 Å². The Labute approximate surface area is 58.5 Å². The van der Waals surface area contributed by atoms with Gasteiger partial charge in [-0.1, -0.05) is 0 Å². The molecule has 0 saturated carbocycles. The summed E-state index contributed by atoms with van der Waals surface area (Å²) in [6.07, 6.45) is -0.166. The van der Waals surface area contributed by atoms with E-state index in [4.69, 9.17) is 5.11 Å². The van der Waals surface area contributed by atoms with Crippen LogP contribution in [-0.2, 0) is 9.53 Å². The molecule has 0 spiro atoms. The van der Waals surface area contributed by atoms with E-state index in [0.29, 0.717) is 18.7 Å². The lowest BCUT2D eigenvalue weighted by Crippen LogP contribution is -2.16. The van der Waals surface area contributed by atoms with E-state index in [-0.39, 0.29) is 0 Å². The van der Waals surface area contributed by atoms with Crippen LogP contribution in [0.25, 0.3) is 0 Å². The van der Waals surface area contributed by atoms with Gasteiger partial charge in [-0.25, -0.2) is 4.79 Å². The van der Waals surface area contributed by atoms with Crippen LogP contribution < -0.4 is 0 Å². The van der Waals surface area contributed by atoms with Gasteiger partial charge in [-0.3, -0.25) is 4.99 Å². The summed E-state index contributed by atoms with van der Waals surface area (Å²) in [4.78, 5) is 14.5. The first kappa shape index (κ1) is 7.21. The first-order valence-corrected chi connectivity index (χ1v) is 3.03. The van der Waals surface area contributed by atoms with Crippen molar-refractivity contribution in [3.05, 3.63) is 0 Å². The Morgan fingerprint density at radius 3 is 3.00 bits per heavy atom. The number of aliphatic hydroxyl groups is 1. The molecule has 0 saturated heterocycles. The van der Waals surface area contributed by atoms with E-state index in [9.17, 15) is 4.79 Å². The van der Waals surface area contributed by atoms with Crippen molar-refractivity contribution in [1.82, 2.24) is 0 Å². The molecule has 0 aromatic carbocycles. The van der Waals surface area contributed by atoms with E-state index in [1.54, 1.807) is 0 Å². The number of nitrogens with zero attached hydrogens (tertiary/aromatic N) is 1. The standard InChI is InChI=1S/C6H9NO3/c1-10-6(9)5-2-4(8)3-7-5/h4,8H,2-3H2,1H3/t4-/m1/s1. The van der Waals surface area contributed by atoms with Crippen LogP contribution in [0.3, 0.4) is 0 Å². The van der Waals surface area contributed by atoms with Gasteiger partial charge in [0, 0.05) is 6.42 Å². The summed E-state index contributed by atoms with van der Waals surface area (Å²) in [7, 11) is 1.30. The molecule has 1 N–H and O–H groups in total. The number of carbonyl (C=O) groups is 1. The number of ether oxygens (including phenoxy) is 1. The summed E-state index contributed by atoms with van der Waals surface area (Å²) in [5.41, 5.74) is 0.343. The summed E-state index contributed by atoms with van der Waals surface area (Å²) in [6.45, 7) is 0.324. The molecule has 0 fully saturated rings. The van der Waals surface area contributed by atoms with Crippen molar-refractivity contribution in [2.24, 2.45) is 4.99 Å². The van der Waals surface area contributed by atoms with Crippen molar-refractivity contribution in [2.45, 2.75) is 12.5 Å². The van der Waals surface area contributed by atoms with Crippen molar-refractivity contribution in [3.63, 3.8) is 0 Å². The molecule has 0 unspecified atom stereocenters. The lowest BCUT2D eigenvalue weighted by molar-refractivity contribution is -0.132. The lowest BCUT2D eigenvalue weighted by atomic mass is 10.2. The number of aliphatic imine (C=N–C) groups is 1. The van der Waals surface area contributed by atoms with Crippen molar-refractivity contribution >= 4 is 11.7 Å². The highest BCUT2D eigenvalue weighted by atomic mass is 16.5. The Morgan fingerprint density at radius 1 is 1.90 bits per heavy atom. The molecule has 0 radical (unpaired) electrons. The van der Waals surface area contributed by atoms with E-state index in [0.717, 1.165) is 0 Å². The van der Waals surface area contributed by atoms with Crippen LogP contribution in [0.5, 0.6) is 0 Å². The fourth-order valence-electron chi connectivity index (χ4n) is 0.834. The molecular formula is C6H9NO3. The summed E-state index contributed by atoms with van der Waals surface area (Å²) < 4.78 is 4.40. The van der Waals surface area contributed by atoms with Crippen molar-refractivity contribution in [1.29, 1.82) is 0 Å². The SMILES string of the molecule is COC(=O)C1=NC[C@H](O)C1. The third kappa shape index (κ3) is 1.33. The van der Waals surface area contributed by atoms with E-state index < -0.39 is 12.1 Å². The van der Waals surface area contributed by atoms with Gasteiger partial charge in [0.1, 0.15) is 5.71 Å². The highest BCUT2D eigenvalue weighted by Gasteiger charge is 2.21. The molecule has 0 aromatic heterocycles. The van der Waals surface area contributed by atoms with E-state index in [2.05, 4.69) is 9.73 Å². The number of carbonyl (C=O) groups excluding carboxylic acids is 1. The van der Waals surface area contributed by atoms with Gasteiger partial charge in [-0.2, -0.15) is 0 Å². The Balaban J connectivity index is 2.51. The minimum absolute atomic E-state index is 0.324. The fourth-order valence-corrected chi connectivity index (χ4v) is 0.834. The first-order chi connectivity index (χ1) is 4.74. The second-order valence-electron chi connectivity index (χ2n) is 2.14. The molecule has 1 heterocycles. The second-order valence-corrected chi connectivity index (χ2v) is 2.14. The highest BCUT2D eigenvalue weighted by Crippen LogP contribution is 2.05. The maximum Gasteiger partial charge on any atom is 0.352 e. The Morgan fingerprint density at radius 2 is 2.60 bits per heavy atom. The predicted octanol–water partition coefficient (Wildman–Crippen LogP) is -0.635. The average Bonchev–Trinajstić information content (AvgIpc) is 2.34. The monoisotopic (exact) mass is 143 g/mol. The highest BCUT2D eigenvalue weighted by molar-refractivity contribution is 6.37. The molecule has 56 valence electrons. The van der Waals surface area contributed by atoms with Gasteiger partial charge in [-0.15, -0.1) is 0 Å². The molecule has 0 aliphatic carbocycles. The first-order valence-electron chi connectivity index (χ1n) is 3.03. The van der Waals surface area contributed by atoms with E-state index in [1.165, 1.54) is 7.11 Å². The normalized spacial score (nSPS) is 24.2. The topological polar surface area (TPSA) is 58.9 Å². The van der Waals surface area contributed by atoms with Crippen molar-refractivity contribution in [3.8, 4) is 0 Å². The summed E-state index contributed by atoms with van der Waals surface area (Å²) in [6, 6.07) is 0. The maximum absolute atomic E-state index is 10.7. The summed E-state index contributed by atoms with van der Waals surface area (Å²) >= 11 is 0. The molecule has 1 aliphatic heterocycles. The smallest absolute Gasteiger partial charge is 0.352 e. The molecule has 4 nitrogen and oxygen atoms in total. The summed E-state index contributed by atoms with van der Waals surface area (Å²) in [5, 5.41) is 8.92. The van der Waals surface area contributed by atoms with Gasteiger partial charge < -0.3 is 9.84 Å². The molecular weight excluding hydrogens is 134 g/mol. The zero-order valence-electron chi connectivity index (χ0n) is 5.70. The minimum Gasteiger partial charge on any atom is -0.465 e. The fraction of sp³-hybridized carbons (Fsp3) is 0.667. The zero-order chi connectivity index (χ0) is 7.56. The number of aliphatic hydroxyl groups excluding tert-OH is 1. The molecule has 10 heavy (non-hydrogen) atoms. The number of esters is 1. The van der Waals surface area contributed by atoms with Gasteiger partial charge in [0.05, 0.1) is 19.8 Å². The number of methoxy groups -OCH3 is 1. The largest absolute Gasteiger partial charge is 0.465 e. The second kappa shape index (κ2) is 2.79. The third-order valence-electron chi connectivity index (χ3n) is 1.34. The molecule has 1 aliphatic rings. The third-order valence-corrected chi connectivity index (χ3v) is 1.34. The molecule has 1 rings (SSSR count). The lowest BCUT2D eigenvalue weighted by Gasteiger charge is -1.97. The van der Waals surface area contributed by atoms with Gasteiger partial charge in [-0.05, 0) is 0 Å². The van der Waals surface area contributed by atoms with Crippen molar-refractivity contribution < 1.29 is 14.6 Å². The molecule has 0 bridgehead atoms. The van der Waals surface area contributed by atoms with Crippen LogP contribution in [0.2, 0.25) is 0 Å². The van der Waals surface area contributed by atoms with E-state index in [1.807, 2.05) is 0 Å². The van der Waals surface area contributed by atoms with Gasteiger partial charge in [0.2, 0.25) is 0 Å². The molecule has 0 aromatic rings. The van der Waals surface area contributed by atoms with Crippen LogP contribution in [0.4, 0.5) is 0 Å². The Kier molecular flexibility index (Phi) is 2.01. The summed E-state index contributed by atoms with van der Waals surface area (Å²) in [5.74, 6) is -0.434. The van der Waals surface area contributed by atoms with Crippen LogP contribution in [-0.4, -0.2) is 36.5 Å². The van der Waals surface area contributed by atoms with Crippen LogP contribution in [0.15, 0.2) is 4.99 Å². The maximum atomic E-state index is 10.7. The number of hydrogen-bond donors (Lipinski definition) is 1. The van der Waals surface area contributed by atoms with E-state index >= 15 is 0 Å². The number of hydrogen-bond acceptors (Lipinski definition) is 4. The number of rotatable bonds is 1. The van der Waals surface area contributed by atoms with Crippen LogP contribution in [0.1, 0.15) is 6.42 Å². The zero-order valence-corrected chi connectivity index (χ0v) is 5.70. The van der Waals surface area contributed by atoms with Gasteiger partial charge in [0.15, 0.2) is 0 Å². The van der Waals surface area contributed by atoms with Crippen molar-refractivity contribution in [2.75, 3.05) is 13.7 Å². The Hall–Kier alpha value is -0.900. The minimum atomic E-state index is -0.492. The quantitative estimate of drug-likeness (QED) is 0.497. The molecule has 0 amide bonds. The Bertz CT molecular complexity index is 176. The van der Waals surface area contributed by atoms with Crippen LogP contribution >= 0.6 is 0 Å². The molecule has 4 heteroatoms. The van der Waals surface area contributed by atoms with Gasteiger partial charge >= 0.3 is 5.97 Å². The van der Waals surface area contributed by atoms with Crippen LogP contribution in [0, 0.1) is 0 Å².